The van der Waals surface area contributed by atoms with Crippen molar-refractivity contribution in [3.63, 3.8) is 0 Å². The fraction of sp³-hybridized carbons (Fsp3) is 0.360. The molecule has 0 aliphatic heterocycles. The number of fused-ring (bicyclic) bond motifs is 3. The summed E-state index contributed by atoms with van der Waals surface area (Å²) in [6.07, 6.45) is 1.55. The molecule has 6 nitrogen and oxygen atoms in total. The van der Waals surface area contributed by atoms with E-state index in [1.165, 1.54) is 6.07 Å². The van der Waals surface area contributed by atoms with Gasteiger partial charge in [-0.15, -0.1) is 0 Å². The quantitative estimate of drug-likeness (QED) is 0.551. The lowest BCUT2D eigenvalue weighted by molar-refractivity contribution is 0.0500. The molecule has 1 aliphatic carbocycles. The number of aromatic amines is 1. The van der Waals surface area contributed by atoms with Gasteiger partial charge in [-0.1, -0.05) is 18.2 Å². The third-order valence-electron chi connectivity index (χ3n) is 5.88. The number of amides is 2. The smallest absolute Gasteiger partial charge is 0.407 e. The summed E-state index contributed by atoms with van der Waals surface area (Å²) in [6, 6.07) is 8.37. The van der Waals surface area contributed by atoms with Crippen LogP contribution in [0.25, 0.3) is 22.0 Å². The zero-order valence-electron chi connectivity index (χ0n) is 18.8. The van der Waals surface area contributed by atoms with Crippen molar-refractivity contribution < 1.29 is 18.7 Å². The number of aromatic nitrogens is 1. The maximum atomic E-state index is 14.3. The molecule has 32 heavy (non-hydrogen) atoms. The van der Waals surface area contributed by atoms with E-state index in [1.807, 2.05) is 32.9 Å². The average molecular weight is 438 g/mol. The Balaban J connectivity index is 1.81. The second-order valence-corrected chi connectivity index (χ2v) is 9.36. The van der Waals surface area contributed by atoms with Gasteiger partial charge in [0.1, 0.15) is 11.4 Å². The SMILES string of the molecule is Cc1c(F)cccc1-c1ccc(C(N)=O)c2[nH]c3c(c12)CC(NC(=O)OC(C)(C)C)CC3. The largest absolute Gasteiger partial charge is 0.444 e. The Morgan fingerprint density at radius 2 is 1.94 bits per heavy atom. The number of aryl methyl sites for hydroxylation is 1. The summed E-state index contributed by atoms with van der Waals surface area (Å²) in [5, 5.41) is 3.81. The molecule has 168 valence electrons. The van der Waals surface area contributed by atoms with Gasteiger partial charge in [-0.05, 0) is 81.3 Å². The van der Waals surface area contributed by atoms with Crippen LogP contribution in [-0.2, 0) is 17.6 Å². The van der Waals surface area contributed by atoms with Gasteiger partial charge in [0.2, 0.25) is 0 Å². The molecular formula is C25H28FN3O3. The van der Waals surface area contributed by atoms with E-state index in [0.717, 1.165) is 34.2 Å². The van der Waals surface area contributed by atoms with Gasteiger partial charge in [-0.2, -0.15) is 0 Å². The first-order valence-corrected chi connectivity index (χ1v) is 10.8. The van der Waals surface area contributed by atoms with E-state index in [-0.39, 0.29) is 11.9 Å². The van der Waals surface area contributed by atoms with Gasteiger partial charge < -0.3 is 20.8 Å². The molecule has 4 rings (SSSR count). The number of halogens is 1. The summed E-state index contributed by atoms with van der Waals surface area (Å²) in [7, 11) is 0. The summed E-state index contributed by atoms with van der Waals surface area (Å²) in [6.45, 7) is 7.21. The highest BCUT2D eigenvalue weighted by Gasteiger charge is 2.28. The van der Waals surface area contributed by atoms with Gasteiger partial charge in [0.15, 0.2) is 0 Å². The molecule has 1 aliphatic rings. The summed E-state index contributed by atoms with van der Waals surface area (Å²) in [5.41, 5.74) is 10.2. The fourth-order valence-electron chi connectivity index (χ4n) is 4.46. The number of hydrogen-bond acceptors (Lipinski definition) is 3. The summed E-state index contributed by atoms with van der Waals surface area (Å²) < 4.78 is 19.7. The van der Waals surface area contributed by atoms with Gasteiger partial charge >= 0.3 is 6.09 Å². The van der Waals surface area contributed by atoms with Crippen molar-refractivity contribution in [1.82, 2.24) is 10.3 Å². The molecule has 2 amide bonds. The molecule has 0 saturated carbocycles. The van der Waals surface area contributed by atoms with Crippen molar-refractivity contribution >= 4 is 22.9 Å². The van der Waals surface area contributed by atoms with Crippen molar-refractivity contribution in [2.24, 2.45) is 5.73 Å². The second kappa shape index (κ2) is 7.97. The van der Waals surface area contributed by atoms with Crippen LogP contribution in [0, 0.1) is 12.7 Å². The van der Waals surface area contributed by atoms with Crippen LogP contribution in [0.15, 0.2) is 30.3 Å². The second-order valence-electron chi connectivity index (χ2n) is 9.36. The van der Waals surface area contributed by atoms with Crippen molar-refractivity contribution in [3.05, 3.63) is 58.5 Å². The summed E-state index contributed by atoms with van der Waals surface area (Å²) >= 11 is 0. The zero-order chi connectivity index (χ0) is 23.2. The number of ether oxygens (including phenoxy) is 1. The standard InChI is InChI=1S/C25H28FN3O3/c1-13-15(6-5-7-19(13)26)16-9-10-17(23(27)30)22-21(16)18-12-14(8-11-20(18)29-22)28-24(31)32-25(2,3)4/h5-7,9-10,14,29H,8,11-12H2,1-4H3,(H2,27,30)(H,28,31). The number of hydrogen-bond donors (Lipinski definition) is 3. The van der Waals surface area contributed by atoms with Crippen LogP contribution in [0.4, 0.5) is 9.18 Å². The predicted octanol–water partition coefficient (Wildman–Crippen LogP) is 4.76. The number of nitrogens with one attached hydrogen (secondary N) is 2. The van der Waals surface area contributed by atoms with Crippen LogP contribution in [-0.4, -0.2) is 28.6 Å². The lowest BCUT2D eigenvalue weighted by Crippen LogP contribution is -2.41. The first-order chi connectivity index (χ1) is 15.0. The number of benzene rings is 2. The van der Waals surface area contributed by atoms with E-state index < -0.39 is 17.6 Å². The topological polar surface area (TPSA) is 97.2 Å². The normalized spacial score (nSPS) is 16.0. The van der Waals surface area contributed by atoms with Crippen molar-refractivity contribution in [2.75, 3.05) is 0 Å². The number of carbonyl (C=O) groups is 2. The first-order valence-electron chi connectivity index (χ1n) is 10.8. The molecule has 2 aromatic carbocycles. The monoisotopic (exact) mass is 437 g/mol. The van der Waals surface area contributed by atoms with Gasteiger partial charge in [0, 0.05) is 17.1 Å². The summed E-state index contributed by atoms with van der Waals surface area (Å²) in [5.74, 6) is -0.817. The van der Waals surface area contributed by atoms with E-state index in [2.05, 4.69) is 10.3 Å². The molecule has 1 aromatic heterocycles. The molecule has 3 aromatic rings. The minimum absolute atomic E-state index is 0.116. The molecule has 0 saturated heterocycles. The number of rotatable bonds is 3. The van der Waals surface area contributed by atoms with Crippen molar-refractivity contribution in [2.45, 2.75) is 58.6 Å². The van der Waals surface area contributed by atoms with E-state index in [4.69, 9.17) is 10.5 Å². The zero-order valence-corrected chi connectivity index (χ0v) is 18.8. The highest BCUT2D eigenvalue weighted by atomic mass is 19.1. The fourth-order valence-corrected chi connectivity index (χ4v) is 4.46. The molecule has 1 unspecified atom stereocenters. The highest BCUT2D eigenvalue weighted by Crippen LogP contribution is 2.39. The van der Waals surface area contributed by atoms with Crippen LogP contribution < -0.4 is 11.1 Å². The molecule has 0 spiro atoms. The van der Waals surface area contributed by atoms with Gasteiger partial charge in [0.05, 0.1) is 11.1 Å². The van der Waals surface area contributed by atoms with Gasteiger partial charge in [-0.25, -0.2) is 9.18 Å². The third kappa shape index (κ3) is 4.07. The molecule has 0 fully saturated rings. The molecule has 7 heteroatoms. The lowest BCUT2D eigenvalue weighted by atomic mass is 9.87. The van der Waals surface area contributed by atoms with Gasteiger partial charge in [-0.3, -0.25) is 4.79 Å². The minimum Gasteiger partial charge on any atom is -0.444 e. The average Bonchev–Trinajstić information content (AvgIpc) is 3.07. The minimum atomic E-state index is -0.580. The molecule has 4 N–H and O–H groups in total. The van der Waals surface area contributed by atoms with E-state index in [9.17, 15) is 14.0 Å². The Labute approximate surface area is 186 Å². The van der Waals surface area contributed by atoms with E-state index in [0.29, 0.717) is 29.5 Å². The van der Waals surface area contributed by atoms with Crippen molar-refractivity contribution in [1.29, 1.82) is 0 Å². The lowest BCUT2D eigenvalue weighted by Gasteiger charge is -2.26. The summed E-state index contributed by atoms with van der Waals surface area (Å²) in [4.78, 5) is 27.8. The Bertz CT molecular complexity index is 1220. The Morgan fingerprint density at radius 3 is 2.62 bits per heavy atom. The number of H-pyrrole nitrogens is 1. The van der Waals surface area contributed by atoms with Gasteiger partial charge in [0.25, 0.3) is 5.91 Å². The van der Waals surface area contributed by atoms with E-state index in [1.54, 1.807) is 19.1 Å². The molecule has 0 radical (unpaired) electrons. The number of carbonyl (C=O) groups excluding carboxylic acids is 2. The maximum Gasteiger partial charge on any atom is 0.407 e. The number of primary amides is 1. The number of alkyl carbamates (subject to hydrolysis) is 1. The van der Waals surface area contributed by atoms with Crippen LogP contribution >= 0.6 is 0 Å². The van der Waals surface area contributed by atoms with E-state index >= 15 is 0 Å². The van der Waals surface area contributed by atoms with Crippen LogP contribution in [0.3, 0.4) is 0 Å². The maximum absolute atomic E-state index is 14.3. The molecule has 1 heterocycles. The highest BCUT2D eigenvalue weighted by molar-refractivity contribution is 6.11. The molecule has 0 bridgehead atoms. The molecular weight excluding hydrogens is 409 g/mol. The van der Waals surface area contributed by atoms with Crippen LogP contribution in [0.5, 0.6) is 0 Å². The van der Waals surface area contributed by atoms with Crippen molar-refractivity contribution in [3.8, 4) is 11.1 Å². The Hall–Kier alpha value is -3.35. The Morgan fingerprint density at radius 1 is 1.19 bits per heavy atom. The van der Waals surface area contributed by atoms with Crippen LogP contribution in [0.2, 0.25) is 0 Å². The third-order valence-corrected chi connectivity index (χ3v) is 5.88. The molecule has 1 atom stereocenters. The predicted molar refractivity (Wildman–Crippen MR) is 122 cm³/mol. The Kier molecular flexibility index (Phi) is 5.44. The first kappa shape index (κ1) is 21.9. The van der Waals surface area contributed by atoms with Crippen LogP contribution in [0.1, 0.15) is 54.4 Å². The number of nitrogens with two attached hydrogens (primary N) is 1.